The average Bonchev–Trinajstić information content (AvgIpc) is 2.15. The number of aliphatic hydroxyl groups excluding tert-OH is 1. The highest BCUT2D eigenvalue weighted by Crippen LogP contribution is 2.14. The molecular weight excluding hydrogens is 208 g/mol. The molecule has 1 heterocycles. The number of piperazine rings is 1. The molecule has 5 nitrogen and oxygen atoms in total. The standard InChI is InChI=1S/C11H22N2O3/c1-8-5-12-9(7-14)6-13(8)10(15)16-11(2,3)4/h8-9,12,14H,5-7H2,1-4H3. The van der Waals surface area contributed by atoms with E-state index in [9.17, 15) is 4.79 Å². The van der Waals surface area contributed by atoms with Crippen LogP contribution in [0.5, 0.6) is 0 Å². The highest BCUT2D eigenvalue weighted by Gasteiger charge is 2.31. The van der Waals surface area contributed by atoms with Crippen molar-refractivity contribution < 1.29 is 14.6 Å². The molecule has 0 bridgehead atoms. The molecule has 0 saturated carbocycles. The summed E-state index contributed by atoms with van der Waals surface area (Å²) in [5.74, 6) is 0. The summed E-state index contributed by atoms with van der Waals surface area (Å²) in [4.78, 5) is 13.5. The Hall–Kier alpha value is -0.810. The lowest BCUT2D eigenvalue weighted by Crippen LogP contribution is -2.59. The minimum absolute atomic E-state index is 0.0337. The summed E-state index contributed by atoms with van der Waals surface area (Å²) in [6.07, 6.45) is -0.306. The van der Waals surface area contributed by atoms with Gasteiger partial charge in [0.2, 0.25) is 0 Å². The number of carbonyl (C=O) groups excluding carboxylic acids is 1. The molecule has 1 aliphatic heterocycles. The van der Waals surface area contributed by atoms with E-state index in [1.54, 1.807) is 4.90 Å². The fraction of sp³-hybridized carbons (Fsp3) is 0.909. The first-order valence-electron chi connectivity index (χ1n) is 5.67. The third-order valence-corrected chi connectivity index (χ3v) is 2.50. The van der Waals surface area contributed by atoms with Gasteiger partial charge in [-0.1, -0.05) is 0 Å². The van der Waals surface area contributed by atoms with Gasteiger partial charge in [0.15, 0.2) is 0 Å². The van der Waals surface area contributed by atoms with Crippen LogP contribution in [0.4, 0.5) is 4.79 Å². The Balaban J connectivity index is 2.59. The number of amides is 1. The van der Waals surface area contributed by atoms with Gasteiger partial charge in [-0.3, -0.25) is 0 Å². The highest BCUT2D eigenvalue weighted by molar-refractivity contribution is 5.68. The second-order valence-corrected chi connectivity index (χ2v) is 5.27. The molecule has 16 heavy (non-hydrogen) atoms. The van der Waals surface area contributed by atoms with Crippen molar-refractivity contribution in [2.45, 2.75) is 45.4 Å². The topological polar surface area (TPSA) is 61.8 Å². The summed E-state index contributed by atoms with van der Waals surface area (Å²) in [5.41, 5.74) is -0.476. The summed E-state index contributed by atoms with van der Waals surface area (Å²) in [7, 11) is 0. The van der Waals surface area contributed by atoms with Crippen molar-refractivity contribution in [1.29, 1.82) is 0 Å². The lowest BCUT2D eigenvalue weighted by molar-refractivity contribution is 0.00688. The summed E-state index contributed by atoms with van der Waals surface area (Å²) < 4.78 is 5.32. The molecule has 0 spiro atoms. The molecule has 1 rings (SSSR count). The van der Waals surface area contributed by atoms with Crippen molar-refractivity contribution in [1.82, 2.24) is 10.2 Å². The third-order valence-electron chi connectivity index (χ3n) is 2.50. The average molecular weight is 230 g/mol. The second-order valence-electron chi connectivity index (χ2n) is 5.27. The van der Waals surface area contributed by atoms with Gasteiger partial charge in [-0.25, -0.2) is 4.79 Å². The van der Waals surface area contributed by atoms with Crippen LogP contribution in [0.15, 0.2) is 0 Å². The Bertz CT molecular complexity index is 250. The number of ether oxygens (including phenoxy) is 1. The molecule has 1 amide bonds. The van der Waals surface area contributed by atoms with E-state index in [-0.39, 0.29) is 24.8 Å². The van der Waals surface area contributed by atoms with Gasteiger partial charge >= 0.3 is 6.09 Å². The molecule has 5 heteroatoms. The minimum Gasteiger partial charge on any atom is -0.444 e. The van der Waals surface area contributed by atoms with Crippen molar-refractivity contribution in [3.05, 3.63) is 0 Å². The van der Waals surface area contributed by atoms with Crippen LogP contribution < -0.4 is 5.32 Å². The van der Waals surface area contributed by atoms with Crippen LogP contribution in [0.1, 0.15) is 27.7 Å². The van der Waals surface area contributed by atoms with Crippen molar-refractivity contribution in [3.8, 4) is 0 Å². The van der Waals surface area contributed by atoms with Crippen LogP contribution in [0.25, 0.3) is 0 Å². The third kappa shape index (κ3) is 3.64. The number of hydrogen-bond acceptors (Lipinski definition) is 4. The maximum Gasteiger partial charge on any atom is 0.410 e. The molecule has 0 aromatic heterocycles. The van der Waals surface area contributed by atoms with E-state index < -0.39 is 5.60 Å². The largest absolute Gasteiger partial charge is 0.444 e. The predicted octanol–water partition coefficient (Wildman–Crippen LogP) is 0.576. The van der Waals surface area contributed by atoms with Gasteiger partial charge in [0.1, 0.15) is 5.60 Å². The van der Waals surface area contributed by atoms with Crippen molar-refractivity contribution >= 4 is 6.09 Å². The van der Waals surface area contributed by atoms with Crippen LogP contribution in [-0.2, 0) is 4.74 Å². The zero-order valence-electron chi connectivity index (χ0n) is 10.5. The van der Waals surface area contributed by atoms with Gasteiger partial charge in [0.25, 0.3) is 0 Å². The van der Waals surface area contributed by atoms with Crippen LogP contribution in [0.3, 0.4) is 0 Å². The van der Waals surface area contributed by atoms with Gasteiger partial charge in [-0.2, -0.15) is 0 Å². The molecule has 1 saturated heterocycles. The first-order chi connectivity index (χ1) is 7.33. The highest BCUT2D eigenvalue weighted by atomic mass is 16.6. The maximum atomic E-state index is 11.9. The fourth-order valence-electron chi connectivity index (χ4n) is 1.63. The summed E-state index contributed by atoms with van der Waals surface area (Å²) >= 11 is 0. The Morgan fingerprint density at radius 1 is 1.56 bits per heavy atom. The van der Waals surface area contributed by atoms with Gasteiger partial charge in [-0.15, -0.1) is 0 Å². The maximum absolute atomic E-state index is 11.9. The molecule has 2 atom stereocenters. The molecule has 1 fully saturated rings. The quantitative estimate of drug-likeness (QED) is 0.691. The Morgan fingerprint density at radius 3 is 2.69 bits per heavy atom. The normalized spacial score (nSPS) is 26.7. The molecule has 2 unspecified atom stereocenters. The first kappa shape index (κ1) is 13.3. The van der Waals surface area contributed by atoms with E-state index in [2.05, 4.69) is 5.32 Å². The smallest absolute Gasteiger partial charge is 0.410 e. The van der Waals surface area contributed by atoms with Crippen LogP contribution in [0, 0.1) is 0 Å². The molecule has 0 aromatic rings. The van der Waals surface area contributed by atoms with E-state index in [0.29, 0.717) is 13.1 Å². The summed E-state index contributed by atoms with van der Waals surface area (Å²) in [5, 5.41) is 12.2. The number of carbonyl (C=O) groups is 1. The Kier molecular flexibility index (Phi) is 4.15. The lowest BCUT2D eigenvalue weighted by Gasteiger charge is -2.38. The minimum atomic E-state index is -0.476. The van der Waals surface area contributed by atoms with Crippen LogP contribution in [0.2, 0.25) is 0 Å². The van der Waals surface area contributed by atoms with E-state index in [1.165, 1.54) is 0 Å². The zero-order valence-corrected chi connectivity index (χ0v) is 10.5. The number of nitrogens with zero attached hydrogens (tertiary/aromatic N) is 1. The van der Waals surface area contributed by atoms with E-state index in [4.69, 9.17) is 9.84 Å². The molecule has 2 N–H and O–H groups in total. The monoisotopic (exact) mass is 230 g/mol. The van der Waals surface area contributed by atoms with Crippen molar-refractivity contribution in [2.24, 2.45) is 0 Å². The second kappa shape index (κ2) is 5.01. The van der Waals surface area contributed by atoms with Crippen molar-refractivity contribution in [3.63, 3.8) is 0 Å². The van der Waals surface area contributed by atoms with E-state index in [1.807, 2.05) is 27.7 Å². The predicted molar refractivity (Wildman–Crippen MR) is 61.3 cm³/mol. The lowest BCUT2D eigenvalue weighted by atomic mass is 10.1. The van der Waals surface area contributed by atoms with Crippen LogP contribution >= 0.6 is 0 Å². The number of aliphatic hydroxyl groups is 1. The number of rotatable bonds is 1. The number of nitrogens with one attached hydrogen (secondary N) is 1. The summed E-state index contributed by atoms with van der Waals surface area (Å²) in [6.45, 7) is 8.72. The van der Waals surface area contributed by atoms with Gasteiger partial charge in [0.05, 0.1) is 6.61 Å². The first-order valence-corrected chi connectivity index (χ1v) is 5.67. The van der Waals surface area contributed by atoms with E-state index >= 15 is 0 Å². The molecule has 0 aliphatic carbocycles. The van der Waals surface area contributed by atoms with E-state index in [0.717, 1.165) is 0 Å². The van der Waals surface area contributed by atoms with Crippen LogP contribution in [-0.4, -0.2) is 53.5 Å². The zero-order chi connectivity index (χ0) is 12.3. The molecule has 0 radical (unpaired) electrons. The number of hydrogen-bond donors (Lipinski definition) is 2. The Labute approximate surface area is 96.8 Å². The van der Waals surface area contributed by atoms with Gasteiger partial charge in [0, 0.05) is 25.2 Å². The molecule has 0 aromatic carbocycles. The molecule has 1 aliphatic rings. The SMILES string of the molecule is CC1CNC(CO)CN1C(=O)OC(C)(C)C. The van der Waals surface area contributed by atoms with Gasteiger partial charge in [-0.05, 0) is 27.7 Å². The Morgan fingerprint density at radius 2 is 2.19 bits per heavy atom. The molecule has 94 valence electrons. The summed E-state index contributed by atoms with van der Waals surface area (Å²) in [6, 6.07) is 0.0429. The van der Waals surface area contributed by atoms with Gasteiger partial charge < -0.3 is 20.1 Å². The fourth-order valence-corrected chi connectivity index (χ4v) is 1.63. The molecular formula is C11H22N2O3. The van der Waals surface area contributed by atoms with Crippen molar-refractivity contribution in [2.75, 3.05) is 19.7 Å².